The van der Waals surface area contributed by atoms with Crippen LogP contribution in [0.3, 0.4) is 0 Å². The highest BCUT2D eigenvalue weighted by molar-refractivity contribution is 5.68. The number of hydrogen-bond donors (Lipinski definition) is 1. The quantitative estimate of drug-likeness (QED) is 0.342. The Labute approximate surface area is 131 Å². The Hall–Kier alpha value is -0.570. The third-order valence-corrected chi connectivity index (χ3v) is 4.04. The maximum absolute atomic E-state index is 10.9. The molecule has 1 unspecified atom stereocenters. The number of unbranched alkanes of at least 4 members (excludes halogenated alkanes) is 9. The maximum Gasteiger partial charge on any atom is 0.305 e. The lowest BCUT2D eigenvalue weighted by molar-refractivity contribution is -0.140. The molecule has 0 amide bonds. The molecule has 0 spiro atoms. The van der Waals surface area contributed by atoms with Gasteiger partial charge in [-0.1, -0.05) is 71.1 Å². The van der Waals surface area contributed by atoms with Crippen LogP contribution in [-0.4, -0.2) is 24.3 Å². The van der Waals surface area contributed by atoms with Crippen LogP contribution in [0.2, 0.25) is 0 Å². The van der Waals surface area contributed by atoms with E-state index in [0.29, 0.717) is 6.42 Å². The van der Waals surface area contributed by atoms with E-state index in [9.17, 15) is 9.90 Å². The second-order valence-electron chi connectivity index (χ2n) is 6.09. The Morgan fingerprint density at radius 3 is 1.86 bits per heavy atom. The molecule has 0 saturated carbocycles. The largest absolute Gasteiger partial charge is 0.469 e. The lowest BCUT2D eigenvalue weighted by atomic mass is 10.0. The van der Waals surface area contributed by atoms with Gasteiger partial charge in [-0.25, -0.2) is 0 Å². The van der Waals surface area contributed by atoms with E-state index >= 15 is 0 Å². The molecule has 0 aliphatic carbocycles. The summed E-state index contributed by atoms with van der Waals surface area (Å²) in [5.74, 6) is -0.130. The van der Waals surface area contributed by atoms with Crippen molar-refractivity contribution in [2.75, 3.05) is 7.11 Å². The molecule has 0 aromatic heterocycles. The lowest BCUT2D eigenvalue weighted by Crippen LogP contribution is -2.06. The van der Waals surface area contributed by atoms with Gasteiger partial charge in [0.1, 0.15) is 0 Å². The molecule has 0 aliphatic rings. The number of carbonyl (C=O) groups is 1. The minimum atomic E-state index is -0.150. The molecule has 1 atom stereocenters. The summed E-state index contributed by atoms with van der Waals surface area (Å²) in [5.41, 5.74) is 0. The first kappa shape index (κ1) is 20.4. The lowest BCUT2D eigenvalue weighted by Gasteiger charge is -2.10. The van der Waals surface area contributed by atoms with Crippen LogP contribution in [0.5, 0.6) is 0 Å². The molecule has 0 fully saturated rings. The van der Waals surface area contributed by atoms with Crippen LogP contribution in [0, 0.1) is 0 Å². The highest BCUT2D eigenvalue weighted by atomic mass is 16.5. The summed E-state index contributed by atoms with van der Waals surface area (Å²) in [6.45, 7) is 2.25. The van der Waals surface area contributed by atoms with Crippen molar-refractivity contribution < 1.29 is 14.6 Å². The molecule has 0 saturated heterocycles. The van der Waals surface area contributed by atoms with E-state index in [0.717, 1.165) is 38.5 Å². The minimum absolute atomic E-state index is 0.130. The Morgan fingerprint density at radius 1 is 0.857 bits per heavy atom. The smallest absolute Gasteiger partial charge is 0.305 e. The van der Waals surface area contributed by atoms with Crippen LogP contribution in [-0.2, 0) is 9.53 Å². The molecule has 3 heteroatoms. The van der Waals surface area contributed by atoms with Gasteiger partial charge in [-0.05, 0) is 19.3 Å². The topological polar surface area (TPSA) is 46.5 Å². The summed E-state index contributed by atoms with van der Waals surface area (Å²) in [4.78, 5) is 10.9. The Balaban J connectivity index is 3.19. The fourth-order valence-electron chi connectivity index (χ4n) is 2.59. The van der Waals surface area contributed by atoms with Crippen LogP contribution in [0.1, 0.15) is 96.8 Å². The van der Waals surface area contributed by atoms with Gasteiger partial charge < -0.3 is 9.84 Å². The molecular weight excluding hydrogens is 264 g/mol. The second kappa shape index (κ2) is 15.8. The molecule has 3 nitrogen and oxygen atoms in total. The van der Waals surface area contributed by atoms with Crippen molar-refractivity contribution in [3.05, 3.63) is 0 Å². The standard InChI is InChI=1S/C18H36O3/c1-3-4-5-6-7-8-9-11-14-17(19)15-12-10-13-16-18(20)21-2/h17,19H,3-16H2,1-2H3. The average Bonchev–Trinajstić information content (AvgIpc) is 2.49. The summed E-state index contributed by atoms with van der Waals surface area (Å²) in [5, 5.41) is 9.88. The zero-order valence-corrected chi connectivity index (χ0v) is 14.2. The number of aliphatic hydroxyl groups excluding tert-OH is 1. The summed E-state index contributed by atoms with van der Waals surface area (Å²) in [6.07, 6.45) is 15.6. The van der Waals surface area contributed by atoms with Crippen molar-refractivity contribution in [3.8, 4) is 0 Å². The molecule has 126 valence electrons. The molecule has 21 heavy (non-hydrogen) atoms. The molecule has 0 aromatic carbocycles. The number of esters is 1. The summed E-state index contributed by atoms with van der Waals surface area (Å²) >= 11 is 0. The fourth-order valence-corrected chi connectivity index (χ4v) is 2.59. The van der Waals surface area contributed by atoms with Gasteiger partial charge in [0.15, 0.2) is 0 Å². The predicted molar refractivity (Wildman–Crippen MR) is 88.3 cm³/mol. The first-order valence-electron chi connectivity index (χ1n) is 8.95. The Morgan fingerprint density at radius 2 is 1.33 bits per heavy atom. The van der Waals surface area contributed by atoms with Crippen molar-refractivity contribution in [2.45, 2.75) is 103 Å². The van der Waals surface area contributed by atoms with Gasteiger partial charge in [-0.3, -0.25) is 4.79 Å². The number of ether oxygens (including phenoxy) is 1. The predicted octanol–water partition coefficient (Wildman–Crippen LogP) is 5.00. The molecular formula is C18H36O3. The fraction of sp³-hybridized carbons (Fsp3) is 0.944. The zero-order valence-electron chi connectivity index (χ0n) is 14.2. The van der Waals surface area contributed by atoms with E-state index < -0.39 is 0 Å². The molecule has 0 aromatic rings. The average molecular weight is 300 g/mol. The normalized spacial score (nSPS) is 12.3. The van der Waals surface area contributed by atoms with E-state index in [2.05, 4.69) is 11.7 Å². The van der Waals surface area contributed by atoms with Crippen LogP contribution in [0.25, 0.3) is 0 Å². The van der Waals surface area contributed by atoms with Gasteiger partial charge in [0, 0.05) is 6.42 Å². The number of aliphatic hydroxyl groups is 1. The van der Waals surface area contributed by atoms with Gasteiger partial charge in [0.05, 0.1) is 13.2 Å². The van der Waals surface area contributed by atoms with Gasteiger partial charge in [-0.15, -0.1) is 0 Å². The second-order valence-corrected chi connectivity index (χ2v) is 6.09. The molecule has 0 rings (SSSR count). The van der Waals surface area contributed by atoms with Crippen LogP contribution in [0.4, 0.5) is 0 Å². The SMILES string of the molecule is CCCCCCCCCCC(O)CCCCCC(=O)OC. The number of hydrogen-bond acceptors (Lipinski definition) is 3. The van der Waals surface area contributed by atoms with Crippen LogP contribution in [0.15, 0.2) is 0 Å². The number of carbonyl (C=O) groups excluding carboxylic acids is 1. The van der Waals surface area contributed by atoms with Crippen molar-refractivity contribution >= 4 is 5.97 Å². The monoisotopic (exact) mass is 300 g/mol. The van der Waals surface area contributed by atoms with Gasteiger partial charge in [0.25, 0.3) is 0 Å². The molecule has 0 heterocycles. The van der Waals surface area contributed by atoms with Gasteiger partial charge >= 0.3 is 5.97 Å². The van der Waals surface area contributed by atoms with Crippen LogP contribution < -0.4 is 0 Å². The van der Waals surface area contributed by atoms with Crippen molar-refractivity contribution in [1.82, 2.24) is 0 Å². The van der Waals surface area contributed by atoms with E-state index in [4.69, 9.17) is 0 Å². The van der Waals surface area contributed by atoms with E-state index in [1.807, 2.05) is 0 Å². The highest BCUT2D eigenvalue weighted by Gasteiger charge is 2.05. The molecule has 1 N–H and O–H groups in total. The maximum atomic E-state index is 10.9. The van der Waals surface area contributed by atoms with Crippen molar-refractivity contribution in [1.29, 1.82) is 0 Å². The molecule has 0 aliphatic heterocycles. The van der Waals surface area contributed by atoms with E-state index in [1.165, 1.54) is 52.1 Å². The Bertz CT molecular complexity index is 229. The first-order valence-corrected chi connectivity index (χ1v) is 8.95. The molecule has 0 bridgehead atoms. The van der Waals surface area contributed by atoms with Crippen molar-refractivity contribution in [2.24, 2.45) is 0 Å². The third-order valence-electron chi connectivity index (χ3n) is 4.04. The minimum Gasteiger partial charge on any atom is -0.469 e. The van der Waals surface area contributed by atoms with Crippen LogP contribution >= 0.6 is 0 Å². The van der Waals surface area contributed by atoms with Gasteiger partial charge in [-0.2, -0.15) is 0 Å². The Kier molecular flexibility index (Phi) is 15.4. The van der Waals surface area contributed by atoms with Crippen molar-refractivity contribution in [3.63, 3.8) is 0 Å². The van der Waals surface area contributed by atoms with E-state index in [1.54, 1.807) is 0 Å². The zero-order chi connectivity index (χ0) is 15.8. The summed E-state index contributed by atoms with van der Waals surface area (Å²) < 4.78 is 4.60. The number of methoxy groups -OCH3 is 1. The van der Waals surface area contributed by atoms with Gasteiger partial charge in [0.2, 0.25) is 0 Å². The molecule has 0 radical (unpaired) electrons. The first-order chi connectivity index (χ1) is 10.2. The number of rotatable bonds is 15. The third kappa shape index (κ3) is 15.6. The summed E-state index contributed by atoms with van der Waals surface area (Å²) in [7, 11) is 1.43. The summed E-state index contributed by atoms with van der Waals surface area (Å²) in [6, 6.07) is 0. The van der Waals surface area contributed by atoms with E-state index in [-0.39, 0.29) is 12.1 Å². The highest BCUT2D eigenvalue weighted by Crippen LogP contribution is 2.14.